The monoisotopic (exact) mass is 209 g/mol. The Morgan fingerprint density at radius 2 is 2.29 bits per heavy atom. The number of nitrogens with zero attached hydrogens (tertiary/aromatic N) is 1. The Kier molecular flexibility index (Phi) is 3.87. The van der Waals surface area contributed by atoms with E-state index in [4.69, 9.17) is 10.5 Å². The Labute approximate surface area is 87.8 Å². The molecule has 0 spiro atoms. The highest BCUT2D eigenvalue weighted by molar-refractivity contribution is 7.80. The number of rotatable bonds is 3. The van der Waals surface area contributed by atoms with Crippen molar-refractivity contribution in [1.29, 1.82) is 0 Å². The summed E-state index contributed by atoms with van der Waals surface area (Å²) in [5, 5.41) is 3.96. The van der Waals surface area contributed by atoms with E-state index in [9.17, 15) is 0 Å². The average Bonchev–Trinajstić information content (AvgIpc) is 2.18. The summed E-state index contributed by atoms with van der Waals surface area (Å²) in [6.07, 6.45) is 1.60. The molecular formula is C9H11N3OS. The lowest BCUT2D eigenvalue weighted by molar-refractivity contribution is 0.414. The van der Waals surface area contributed by atoms with Crippen LogP contribution in [0.4, 0.5) is 0 Å². The van der Waals surface area contributed by atoms with Crippen LogP contribution in [0.1, 0.15) is 5.56 Å². The summed E-state index contributed by atoms with van der Waals surface area (Å²) in [7, 11) is 1.60. The number of methoxy groups -OCH3 is 1. The van der Waals surface area contributed by atoms with Crippen molar-refractivity contribution >= 4 is 23.5 Å². The molecule has 3 N–H and O–H groups in total. The van der Waals surface area contributed by atoms with Crippen LogP contribution in [0.2, 0.25) is 0 Å². The van der Waals surface area contributed by atoms with E-state index in [-0.39, 0.29) is 5.11 Å². The maximum absolute atomic E-state index is 5.20. The molecule has 0 aromatic heterocycles. The van der Waals surface area contributed by atoms with Crippen LogP contribution in [0.3, 0.4) is 0 Å². The maximum Gasteiger partial charge on any atom is 0.184 e. The van der Waals surface area contributed by atoms with E-state index in [1.54, 1.807) is 13.3 Å². The van der Waals surface area contributed by atoms with Gasteiger partial charge in [-0.05, 0) is 24.4 Å². The maximum atomic E-state index is 5.20. The zero-order valence-electron chi connectivity index (χ0n) is 7.73. The predicted molar refractivity (Wildman–Crippen MR) is 60.5 cm³/mol. The zero-order chi connectivity index (χ0) is 10.4. The Hall–Kier alpha value is -1.62. The number of benzene rings is 1. The van der Waals surface area contributed by atoms with Crippen LogP contribution < -0.4 is 15.9 Å². The van der Waals surface area contributed by atoms with Crippen LogP contribution in [0, 0.1) is 0 Å². The quantitative estimate of drug-likeness (QED) is 0.440. The minimum Gasteiger partial charge on any atom is -0.496 e. The lowest BCUT2D eigenvalue weighted by Gasteiger charge is -2.02. The third-order valence-corrected chi connectivity index (χ3v) is 1.61. The SMILES string of the molecule is COc1ccccc1/C=N\NC(N)=S. The topological polar surface area (TPSA) is 59.6 Å². The molecule has 0 radical (unpaired) electrons. The van der Waals surface area contributed by atoms with Gasteiger partial charge in [0.15, 0.2) is 5.11 Å². The number of hydrogen-bond donors (Lipinski definition) is 2. The van der Waals surface area contributed by atoms with Crippen LogP contribution in [0.25, 0.3) is 0 Å². The minimum absolute atomic E-state index is 0.135. The molecule has 0 aliphatic rings. The highest BCUT2D eigenvalue weighted by Crippen LogP contribution is 2.14. The molecule has 1 aromatic carbocycles. The molecule has 0 atom stereocenters. The molecule has 0 aliphatic carbocycles. The predicted octanol–water partition coefficient (Wildman–Crippen LogP) is 0.862. The van der Waals surface area contributed by atoms with Gasteiger partial charge in [-0.2, -0.15) is 5.10 Å². The standard InChI is InChI=1S/C9H11N3OS/c1-13-8-5-3-2-4-7(8)6-11-12-9(10)14/h2-6H,1H3,(H3,10,12,14)/b11-6-. The fraction of sp³-hybridized carbons (Fsp3) is 0.111. The van der Waals surface area contributed by atoms with E-state index >= 15 is 0 Å². The Balaban J connectivity index is 2.75. The first-order chi connectivity index (χ1) is 6.74. The summed E-state index contributed by atoms with van der Waals surface area (Å²) >= 11 is 4.59. The highest BCUT2D eigenvalue weighted by atomic mass is 32.1. The Bertz CT molecular complexity index is 352. The van der Waals surface area contributed by atoms with E-state index < -0.39 is 0 Å². The first-order valence-electron chi connectivity index (χ1n) is 3.95. The molecule has 0 heterocycles. The number of thiocarbonyl (C=S) groups is 1. The number of nitrogens with two attached hydrogens (primary N) is 1. The van der Waals surface area contributed by atoms with Crippen molar-refractivity contribution in [1.82, 2.24) is 5.43 Å². The molecule has 5 heteroatoms. The molecule has 74 valence electrons. The van der Waals surface area contributed by atoms with Crippen molar-refractivity contribution in [2.24, 2.45) is 10.8 Å². The highest BCUT2D eigenvalue weighted by Gasteiger charge is 1.96. The van der Waals surface area contributed by atoms with Gasteiger partial charge in [0.2, 0.25) is 0 Å². The molecule has 14 heavy (non-hydrogen) atoms. The summed E-state index contributed by atoms with van der Waals surface area (Å²) in [4.78, 5) is 0. The Morgan fingerprint density at radius 3 is 2.93 bits per heavy atom. The number of hydrazone groups is 1. The van der Waals surface area contributed by atoms with Crippen LogP contribution in [0.15, 0.2) is 29.4 Å². The number of nitrogens with one attached hydrogen (secondary N) is 1. The summed E-state index contributed by atoms with van der Waals surface area (Å²) in [5.74, 6) is 0.751. The molecule has 1 aromatic rings. The second-order valence-electron chi connectivity index (χ2n) is 2.48. The van der Waals surface area contributed by atoms with Gasteiger partial charge in [0, 0.05) is 5.56 Å². The molecule has 0 aliphatic heterocycles. The van der Waals surface area contributed by atoms with Crippen molar-refractivity contribution in [3.63, 3.8) is 0 Å². The van der Waals surface area contributed by atoms with Crippen LogP contribution in [-0.2, 0) is 0 Å². The van der Waals surface area contributed by atoms with E-state index in [0.29, 0.717) is 0 Å². The van der Waals surface area contributed by atoms with Crippen molar-refractivity contribution in [2.75, 3.05) is 7.11 Å². The van der Waals surface area contributed by atoms with E-state index in [1.807, 2.05) is 24.3 Å². The normalized spacial score (nSPS) is 10.1. The van der Waals surface area contributed by atoms with Crippen molar-refractivity contribution < 1.29 is 4.74 Å². The van der Waals surface area contributed by atoms with Gasteiger partial charge in [0.25, 0.3) is 0 Å². The molecular weight excluding hydrogens is 198 g/mol. The van der Waals surface area contributed by atoms with Crippen molar-refractivity contribution in [3.05, 3.63) is 29.8 Å². The van der Waals surface area contributed by atoms with Gasteiger partial charge in [0.05, 0.1) is 13.3 Å². The third-order valence-electron chi connectivity index (χ3n) is 1.52. The Morgan fingerprint density at radius 1 is 1.57 bits per heavy atom. The lowest BCUT2D eigenvalue weighted by Crippen LogP contribution is -2.24. The molecule has 0 amide bonds. The fourth-order valence-corrected chi connectivity index (χ4v) is 0.991. The van der Waals surface area contributed by atoms with Crippen molar-refractivity contribution in [3.8, 4) is 5.75 Å². The van der Waals surface area contributed by atoms with Crippen molar-refractivity contribution in [2.45, 2.75) is 0 Å². The molecule has 0 unspecified atom stereocenters. The summed E-state index contributed by atoms with van der Waals surface area (Å²) in [5.41, 5.74) is 8.53. The smallest absolute Gasteiger partial charge is 0.184 e. The van der Waals surface area contributed by atoms with Crippen LogP contribution in [-0.4, -0.2) is 18.4 Å². The van der Waals surface area contributed by atoms with E-state index in [0.717, 1.165) is 11.3 Å². The fourth-order valence-electron chi connectivity index (χ4n) is 0.939. The second kappa shape index (κ2) is 5.18. The minimum atomic E-state index is 0.135. The average molecular weight is 209 g/mol. The summed E-state index contributed by atoms with van der Waals surface area (Å²) < 4.78 is 5.12. The van der Waals surface area contributed by atoms with Gasteiger partial charge in [0.1, 0.15) is 5.75 Å². The van der Waals surface area contributed by atoms with E-state index in [2.05, 4.69) is 22.7 Å². The zero-order valence-corrected chi connectivity index (χ0v) is 8.54. The molecule has 0 bridgehead atoms. The summed E-state index contributed by atoms with van der Waals surface area (Å²) in [6, 6.07) is 7.51. The molecule has 0 saturated heterocycles. The molecule has 0 saturated carbocycles. The largest absolute Gasteiger partial charge is 0.496 e. The van der Waals surface area contributed by atoms with Gasteiger partial charge >= 0.3 is 0 Å². The van der Waals surface area contributed by atoms with Gasteiger partial charge in [-0.15, -0.1) is 0 Å². The van der Waals surface area contributed by atoms with Gasteiger partial charge in [-0.3, -0.25) is 5.43 Å². The van der Waals surface area contributed by atoms with Gasteiger partial charge < -0.3 is 10.5 Å². The molecule has 4 nitrogen and oxygen atoms in total. The lowest BCUT2D eigenvalue weighted by atomic mass is 10.2. The summed E-state index contributed by atoms with van der Waals surface area (Å²) in [6.45, 7) is 0. The molecule has 0 fully saturated rings. The van der Waals surface area contributed by atoms with Crippen LogP contribution in [0.5, 0.6) is 5.75 Å². The number of para-hydroxylation sites is 1. The van der Waals surface area contributed by atoms with Gasteiger partial charge in [-0.25, -0.2) is 0 Å². The number of hydrogen-bond acceptors (Lipinski definition) is 3. The van der Waals surface area contributed by atoms with E-state index in [1.165, 1.54) is 0 Å². The molecule has 1 rings (SSSR count). The van der Waals surface area contributed by atoms with Gasteiger partial charge in [-0.1, -0.05) is 12.1 Å². The first kappa shape index (κ1) is 10.5. The third kappa shape index (κ3) is 3.02. The first-order valence-corrected chi connectivity index (χ1v) is 4.36. The number of ether oxygens (including phenoxy) is 1. The second-order valence-corrected chi connectivity index (χ2v) is 2.92. The van der Waals surface area contributed by atoms with Crippen LogP contribution >= 0.6 is 12.2 Å².